The molecule has 6 heteroatoms. The summed E-state index contributed by atoms with van der Waals surface area (Å²) in [5.41, 5.74) is 7.91. The Balaban J connectivity index is 2.02. The molecular weight excluding hydrogens is 245 g/mol. The van der Waals surface area contributed by atoms with Gasteiger partial charge in [-0.1, -0.05) is 0 Å². The number of benzene rings is 1. The quantitative estimate of drug-likeness (QED) is 0.629. The van der Waals surface area contributed by atoms with Crippen LogP contribution in [0, 0.1) is 5.82 Å². The van der Waals surface area contributed by atoms with Crippen molar-refractivity contribution in [3.63, 3.8) is 0 Å². The lowest BCUT2D eigenvalue weighted by molar-refractivity contribution is 0.632. The number of rotatable bonds is 3. The first-order valence-electron chi connectivity index (χ1n) is 5.79. The smallest absolute Gasteiger partial charge is 0.150 e. The summed E-state index contributed by atoms with van der Waals surface area (Å²) in [6.07, 6.45) is 4.87. The topological polar surface area (TPSA) is 79.6 Å². The largest absolute Gasteiger partial charge is 0.398 e. The average Bonchev–Trinajstić information content (AvgIpc) is 2.92. The molecule has 1 aromatic carbocycles. The predicted molar refractivity (Wildman–Crippen MR) is 72.0 cm³/mol. The molecule has 2 aromatic heterocycles. The van der Waals surface area contributed by atoms with E-state index < -0.39 is 5.82 Å². The van der Waals surface area contributed by atoms with Gasteiger partial charge in [-0.05, 0) is 18.2 Å². The summed E-state index contributed by atoms with van der Waals surface area (Å²) in [6.45, 7) is 0.437. The van der Waals surface area contributed by atoms with Crippen molar-refractivity contribution in [1.82, 2.24) is 15.0 Å². The summed E-state index contributed by atoms with van der Waals surface area (Å²) < 4.78 is 14.0. The third kappa shape index (κ3) is 2.08. The standard InChI is InChI=1S/C13H12FN5/c14-10-4-11(15)9-2-1-3-17-12(9)13(10)18-6-8-5-16-7-19-8/h1-5,7,18H,6,15H2,(H,16,19). The summed E-state index contributed by atoms with van der Waals surface area (Å²) in [6, 6.07) is 4.90. The molecule has 0 saturated heterocycles. The van der Waals surface area contributed by atoms with E-state index in [1.807, 2.05) is 6.07 Å². The molecule has 3 aromatic rings. The van der Waals surface area contributed by atoms with Crippen molar-refractivity contribution in [2.45, 2.75) is 6.54 Å². The minimum Gasteiger partial charge on any atom is -0.398 e. The van der Waals surface area contributed by atoms with Crippen LogP contribution in [0.2, 0.25) is 0 Å². The number of halogens is 1. The molecule has 96 valence electrons. The van der Waals surface area contributed by atoms with Gasteiger partial charge in [-0.15, -0.1) is 0 Å². The van der Waals surface area contributed by atoms with Crippen LogP contribution in [0.3, 0.4) is 0 Å². The lowest BCUT2D eigenvalue weighted by atomic mass is 10.1. The number of pyridine rings is 1. The molecule has 0 aliphatic carbocycles. The van der Waals surface area contributed by atoms with E-state index in [1.165, 1.54) is 6.07 Å². The Hall–Kier alpha value is -2.63. The number of nitrogens with two attached hydrogens (primary N) is 1. The SMILES string of the molecule is Nc1cc(F)c(NCc2cnc[nH]2)c2ncccc12. The number of anilines is 2. The van der Waals surface area contributed by atoms with E-state index in [-0.39, 0.29) is 0 Å². The van der Waals surface area contributed by atoms with Gasteiger partial charge >= 0.3 is 0 Å². The summed E-state index contributed by atoms with van der Waals surface area (Å²) in [4.78, 5) is 11.0. The van der Waals surface area contributed by atoms with Crippen molar-refractivity contribution in [3.05, 3.63) is 48.4 Å². The number of hydrogen-bond acceptors (Lipinski definition) is 4. The molecule has 0 amide bonds. The molecule has 3 rings (SSSR count). The van der Waals surface area contributed by atoms with Gasteiger partial charge in [-0.2, -0.15) is 0 Å². The van der Waals surface area contributed by atoms with Crippen LogP contribution in [0.25, 0.3) is 10.9 Å². The highest BCUT2D eigenvalue weighted by molar-refractivity contribution is 5.98. The van der Waals surface area contributed by atoms with Crippen LogP contribution in [0.5, 0.6) is 0 Å². The zero-order chi connectivity index (χ0) is 13.2. The van der Waals surface area contributed by atoms with Gasteiger partial charge in [0.15, 0.2) is 5.82 Å². The van der Waals surface area contributed by atoms with Gasteiger partial charge in [0, 0.05) is 23.5 Å². The van der Waals surface area contributed by atoms with Crippen LogP contribution >= 0.6 is 0 Å². The molecule has 0 fully saturated rings. The first kappa shape index (κ1) is 11.5. The lowest BCUT2D eigenvalue weighted by Gasteiger charge is -2.11. The molecule has 0 aliphatic rings. The first-order valence-corrected chi connectivity index (χ1v) is 5.79. The maximum absolute atomic E-state index is 14.0. The number of nitrogens with zero attached hydrogens (tertiary/aromatic N) is 2. The van der Waals surface area contributed by atoms with E-state index in [1.54, 1.807) is 24.8 Å². The molecular formula is C13H12FN5. The second kappa shape index (κ2) is 4.56. The van der Waals surface area contributed by atoms with E-state index in [0.717, 1.165) is 11.1 Å². The van der Waals surface area contributed by atoms with E-state index >= 15 is 0 Å². The van der Waals surface area contributed by atoms with Crippen molar-refractivity contribution in [3.8, 4) is 0 Å². The number of nitrogen functional groups attached to an aromatic ring is 1. The lowest BCUT2D eigenvalue weighted by Crippen LogP contribution is -2.04. The Kier molecular flexibility index (Phi) is 2.75. The number of imidazole rings is 1. The monoisotopic (exact) mass is 257 g/mol. The molecule has 5 nitrogen and oxygen atoms in total. The van der Waals surface area contributed by atoms with Gasteiger partial charge < -0.3 is 16.0 Å². The Bertz CT molecular complexity index is 708. The van der Waals surface area contributed by atoms with Crippen molar-refractivity contribution in [2.24, 2.45) is 0 Å². The molecule has 19 heavy (non-hydrogen) atoms. The molecule has 0 saturated carbocycles. The van der Waals surface area contributed by atoms with Gasteiger partial charge in [0.05, 0.1) is 29.8 Å². The van der Waals surface area contributed by atoms with E-state index in [4.69, 9.17) is 5.73 Å². The molecule has 0 aliphatic heterocycles. The minimum atomic E-state index is -0.414. The Morgan fingerprint density at radius 3 is 3.11 bits per heavy atom. The molecule has 2 heterocycles. The highest BCUT2D eigenvalue weighted by Crippen LogP contribution is 2.29. The van der Waals surface area contributed by atoms with Crippen LogP contribution in [-0.2, 0) is 6.54 Å². The maximum atomic E-state index is 14.0. The second-order valence-corrected chi connectivity index (χ2v) is 4.15. The van der Waals surface area contributed by atoms with Gasteiger partial charge in [-0.25, -0.2) is 9.37 Å². The Labute approximate surface area is 108 Å². The van der Waals surface area contributed by atoms with E-state index in [9.17, 15) is 4.39 Å². The molecule has 0 unspecified atom stereocenters. The van der Waals surface area contributed by atoms with E-state index in [2.05, 4.69) is 20.3 Å². The molecule has 0 spiro atoms. The molecule has 0 bridgehead atoms. The summed E-state index contributed by atoms with van der Waals surface area (Å²) in [5, 5.41) is 3.75. The zero-order valence-electron chi connectivity index (χ0n) is 10.0. The third-order valence-corrected chi connectivity index (χ3v) is 2.89. The van der Waals surface area contributed by atoms with Crippen LogP contribution in [-0.4, -0.2) is 15.0 Å². The molecule has 0 radical (unpaired) electrons. The van der Waals surface area contributed by atoms with Gasteiger partial charge in [-0.3, -0.25) is 4.98 Å². The van der Waals surface area contributed by atoms with Gasteiger partial charge in [0.2, 0.25) is 0 Å². The molecule has 4 N–H and O–H groups in total. The Morgan fingerprint density at radius 2 is 2.32 bits per heavy atom. The van der Waals surface area contributed by atoms with Crippen molar-refractivity contribution in [2.75, 3.05) is 11.1 Å². The zero-order valence-corrected chi connectivity index (χ0v) is 10.0. The molecule has 0 atom stereocenters. The second-order valence-electron chi connectivity index (χ2n) is 4.15. The number of aromatic nitrogens is 3. The normalized spacial score (nSPS) is 10.8. The number of aromatic amines is 1. The fraction of sp³-hybridized carbons (Fsp3) is 0.0769. The fourth-order valence-electron chi connectivity index (χ4n) is 1.97. The minimum absolute atomic E-state index is 0.347. The predicted octanol–water partition coefficient (Wildman–Crippen LogP) is 2.29. The van der Waals surface area contributed by atoms with Crippen molar-refractivity contribution in [1.29, 1.82) is 0 Å². The summed E-state index contributed by atoms with van der Waals surface area (Å²) in [5.74, 6) is -0.414. The number of nitrogens with one attached hydrogen (secondary N) is 2. The van der Waals surface area contributed by atoms with Gasteiger partial charge in [0.25, 0.3) is 0 Å². The van der Waals surface area contributed by atoms with Crippen LogP contribution < -0.4 is 11.1 Å². The van der Waals surface area contributed by atoms with Crippen molar-refractivity contribution >= 4 is 22.3 Å². The van der Waals surface area contributed by atoms with Crippen LogP contribution in [0.4, 0.5) is 15.8 Å². The maximum Gasteiger partial charge on any atom is 0.150 e. The van der Waals surface area contributed by atoms with Crippen LogP contribution in [0.15, 0.2) is 36.9 Å². The summed E-state index contributed by atoms with van der Waals surface area (Å²) >= 11 is 0. The highest BCUT2D eigenvalue weighted by atomic mass is 19.1. The number of hydrogen-bond donors (Lipinski definition) is 3. The summed E-state index contributed by atoms with van der Waals surface area (Å²) in [7, 11) is 0. The number of fused-ring (bicyclic) bond motifs is 1. The first-order chi connectivity index (χ1) is 9.25. The fourth-order valence-corrected chi connectivity index (χ4v) is 1.97. The number of H-pyrrole nitrogens is 1. The Morgan fingerprint density at radius 1 is 1.42 bits per heavy atom. The van der Waals surface area contributed by atoms with Crippen LogP contribution in [0.1, 0.15) is 5.69 Å². The highest BCUT2D eigenvalue weighted by Gasteiger charge is 2.11. The average molecular weight is 257 g/mol. The van der Waals surface area contributed by atoms with Gasteiger partial charge in [0.1, 0.15) is 0 Å². The third-order valence-electron chi connectivity index (χ3n) is 2.89. The van der Waals surface area contributed by atoms with Crippen molar-refractivity contribution < 1.29 is 4.39 Å². The van der Waals surface area contributed by atoms with E-state index in [0.29, 0.717) is 23.4 Å².